The van der Waals surface area contributed by atoms with Crippen molar-refractivity contribution in [2.45, 2.75) is 76.8 Å². The first kappa shape index (κ1) is 69.8. The van der Waals surface area contributed by atoms with Crippen LogP contribution in [-0.4, -0.2) is 161 Å². The van der Waals surface area contributed by atoms with Crippen molar-refractivity contribution < 1.29 is 34.0 Å². The summed E-state index contributed by atoms with van der Waals surface area (Å²) in [5, 5.41) is 37.2. The van der Waals surface area contributed by atoms with Crippen molar-refractivity contribution in [3.63, 3.8) is 0 Å². The molecule has 0 unspecified atom stereocenters. The number of carbonyl (C=O) groups is 4. The molecule has 89 heavy (non-hydrogen) atoms. The molecule has 10 heterocycles. The lowest BCUT2D eigenvalue weighted by molar-refractivity contribution is -0.122. The van der Waals surface area contributed by atoms with E-state index in [1.54, 1.807) is 85.6 Å². The number of rotatable bonds is 10. The Bertz CT molecular complexity index is 3860. The summed E-state index contributed by atoms with van der Waals surface area (Å²) in [6.07, 6.45) is 30.0. The summed E-state index contributed by atoms with van der Waals surface area (Å²) >= 11 is 30.8. The van der Waals surface area contributed by atoms with Gasteiger partial charge in [-0.1, -0.05) is 59.1 Å². The average molecular weight is 1360 g/mol. The molecule has 3 amide bonds. The Kier molecular flexibility index (Phi) is 27.9. The smallest absolute Gasteiger partial charge is 0.339 e. The highest BCUT2D eigenvalue weighted by molar-refractivity contribution is 8.24. The van der Waals surface area contributed by atoms with Gasteiger partial charge in [0.1, 0.15) is 11.0 Å². The van der Waals surface area contributed by atoms with Crippen LogP contribution in [0.1, 0.15) is 71.6 Å². The van der Waals surface area contributed by atoms with E-state index in [0.717, 1.165) is 42.5 Å². The molecule has 0 bridgehead atoms. The number of hydrogen-bond donors (Lipinski definition) is 5. The van der Waals surface area contributed by atoms with Crippen molar-refractivity contribution in [1.29, 1.82) is 0 Å². The van der Waals surface area contributed by atoms with Crippen LogP contribution in [0, 0.1) is 0 Å². The second kappa shape index (κ2) is 35.6. The van der Waals surface area contributed by atoms with Crippen LogP contribution in [0.3, 0.4) is 0 Å². The number of anilines is 1. The molecule has 4 atom stereocenters. The molecule has 2 aromatic carbocycles. The number of nitrogens with two attached hydrogens (primary N) is 1. The first-order chi connectivity index (χ1) is 42.8. The molecule has 2 aliphatic heterocycles. The van der Waals surface area contributed by atoms with Crippen molar-refractivity contribution in [2.75, 3.05) is 18.4 Å². The average Bonchev–Trinajstić information content (AvgIpc) is 2.00. The minimum Gasteiger partial charge on any atom is -0.483 e. The highest BCUT2D eigenvalue weighted by Crippen LogP contribution is 2.61. The Morgan fingerprint density at radius 1 is 0.629 bits per heavy atom. The molecular formula is C54H58Cl6N21O7P. The number of aliphatic hydroxyl groups excluding tert-OH is 1. The van der Waals surface area contributed by atoms with E-state index in [2.05, 4.69) is 112 Å². The van der Waals surface area contributed by atoms with Gasteiger partial charge in [-0.2, -0.15) is 30.0 Å². The third-order valence-corrected chi connectivity index (χ3v) is 13.7. The minimum atomic E-state index is -3.22. The van der Waals surface area contributed by atoms with Crippen LogP contribution >= 0.6 is 73.7 Å². The van der Waals surface area contributed by atoms with Gasteiger partial charge in [-0.15, -0.1) is 0 Å². The molecule has 8 aromatic heterocycles. The van der Waals surface area contributed by atoms with Gasteiger partial charge >= 0.3 is 5.20 Å². The standard InChI is InChI=1S/C21H22N8O.C15H18N4O2.C6H6ClN3O.C6H4ClN3.C5H6ClN3.CH2O2.Cl3OP/c1-15-6-7-16(26-20-19-12-22-14-27(19)11-10-23-20)13-28(15)21(30)17-4-2-3-5-18(17)29-24-8-9-25-29;1-11-6-7-12(20)10-18(11)15(21)13-4-2-3-5-14(13)19-16-8-9-17-19;7-6-5(3-8-4-11)9-1-2-10-6;7-6-5-3-8-4-10(5)2-1-9-6;6-5-4(3-7)8-1-2-9-5;2-1-3;1-5(2,3)4/h2-5,8-12,14-16H,6-7,13H2,1H3,(H,23,26);2-5,8-9,11-12,20H,6-7,10H2,1H3;1-2,4H,3H2,(H,8,11);1-4H;1-2H,3,7H2;1H,(H,2,3);/t15-,16-;11-,12-;;;;;/m11...../s1. The summed E-state index contributed by atoms with van der Waals surface area (Å²) in [6, 6.07) is 15.1. The number of likely N-dealkylation sites (tertiary alicyclic amines) is 2. The molecule has 0 radical (unpaired) electrons. The van der Waals surface area contributed by atoms with Crippen molar-refractivity contribution in [3.8, 4) is 11.4 Å². The summed E-state index contributed by atoms with van der Waals surface area (Å²) in [6.45, 7) is 5.48. The van der Waals surface area contributed by atoms with Crippen LogP contribution < -0.4 is 16.4 Å². The summed E-state index contributed by atoms with van der Waals surface area (Å²) in [4.78, 5) is 82.9. The van der Waals surface area contributed by atoms with Gasteiger partial charge < -0.3 is 45.2 Å². The number of nitrogens with one attached hydrogen (secondary N) is 2. The van der Waals surface area contributed by atoms with E-state index in [0.29, 0.717) is 81.9 Å². The number of carboxylic acid groups (broad SMARTS) is 1. The number of piperidine rings is 2. The molecule has 28 nitrogen and oxygen atoms in total. The maximum atomic E-state index is 13.5. The highest BCUT2D eigenvalue weighted by atomic mass is 36.0. The molecule has 35 heteroatoms. The predicted octanol–water partition coefficient (Wildman–Crippen LogP) is 8.53. The number of carbonyl (C=O) groups excluding carboxylic acids is 3. The summed E-state index contributed by atoms with van der Waals surface area (Å²) in [5.74, 6) is 0.676. The van der Waals surface area contributed by atoms with Gasteiger partial charge in [-0.3, -0.25) is 33.7 Å². The van der Waals surface area contributed by atoms with Crippen LogP contribution in [-0.2, 0) is 27.2 Å². The zero-order chi connectivity index (χ0) is 64.3. The number of aromatic nitrogens is 16. The first-order valence-electron chi connectivity index (χ1n) is 26.6. The summed E-state index contributed by atoms with van der Waals surface area (Å²) < 4.78 is 13.3. The number of aliphatic hydroxyl groups is 1. The number of benzene rings is 2. The van der Waals surface area contributed by atoms with Gasteiger partial charge in [0, 0.05) is 87.3 Å². The number of para-hydroxylation sites is 2. The van der Waals surface area contributed by atoms with Crippen LogP contribution in [0.2, 0.25) is 15.5 Å². The van der Waals surface area contributed by atoms with Gasteiger partial charge in [-0.05, 0) is 97.5 Å². The summed E-state index contributed by atoms with van der Waals surface area (Å²) in [7, 11) is 0. The molecule has 6 N–H and O–H groups in total. The topological polar surface area (TPSA) is 356 Å². The van der Waals surface area contributed by atoms with Crippen LogP contribution in [0.5, 0.6) is 0 Å². The third-order valence-electron chi connectivity index (χ3n) is 12.8. The number of fused-ring (bicyclic) bond motifs is 2. The lowest BCUT2D eigenvalue weighted by Gasteiger charge is -2.38. The van der Waals surface area contributed by atoms with Gasteiger partial charge in [0.2, 0.25) is 6.41 Å². The SMILES string of the molecule is C[C@@H]1CC[C@@H](Nc2nccn3cncc23)CN1C(=O)c1ccccc1-n1nccn1.C[C@@H]1CC[C@@H](O)CN1C(=O)c1ccccc1-n1nccn1.Clc1nccn2cncc12.NCc1nccnc1Cl.O=CNCc1nccnc1Cl.O=CO.O=P(Cl)(Cl)Cl. The zero-order valence-electron chi connectivity index (χ0n) is 47.3. The van der Waals surface area contributed by atoms with E-state index >= 15 is 0 Å². The van der Waals surface area contributed by atoms with E-state index < -0.39 is 11.3 Å². The van der Waals surface area contributed by atoms with E-state index in [1.807, 2.05) is 69.3 Å². The molecule has 468 valence electrons. The van der Waals surface area contributed by atoms with Crippen molar-refractivity contribution in [2.24, 2.45) is 5.73 Å². The molecule has 2 fully saturated rings. The second-order valence-corrected chi connectivity index (χ2v) is 26.3. The second-order valence-electron chi connectivity index (χ2n) is 18.6. The van der Waals surface area contributed by atoms with Crippen LogP contribution in [0.15, 0.2) is 148 Å². The molecule has 0 spiro atoms. The number of halogens is 6. The monoisotopic (exact) mass is 1350 g/mol. The third kappa shape index (κ3) is 21.5. The fraction of sp³-hybridized carbons (Fsp3) is 0.259. The van der Waals surface area contributed by atoms with Gasteiger partial charge in [0.15, 0.2) is 21.3 Å². The fourth-order valence-corrected chi connectivity index (χ4v) is 9.15. The Morgan fingerprint density at radius 3 is 1.57 bits per heavy atom. The Morgan fingerprint density at radius 2 is 1.08 bits per heavy atom. The number of hydrogen-bond acceptors (Lipinski definition) is 20. The largest absolute Gasteiger partial charge is 0.483 e. The van der Waals surface area contributed by atoms with E-state index in [1.165, 1.54) is 28.2 Å². The maximum Gasteiger partial charge on any atom is 0.339 e. The van der Waals surface area contributed by atoms with Crippen molar-refractivity contribution in [3.05, 3.63) is 186 Å². The molecule has 12 rings (SSSR count). The van der Waals surface area contributed by atoms with Crippen molar-refractivity contribution in [1.82, 2.24) is 93.8 Å². The van der Waals surface area contributed by atoms with Gasteiger partial charge in [-0.25, -0.2) is 29.9 Å². The molecule has 0 saturated carbocycles. The first-order valence-corrected chi connectivity index (χ1v) is 32.1. The van der Waals surface area contributed by atoms with Crippen molar-refractivity contribution >= 4 is 115 Å². The number of imidazole rings is 2. The fourth-order valence-electron chi connectivity index (χ4n) is 8.60. The number of nitrogens with zero attached hydrogens (tertiary/aromatic N) is 18. The predicted molar refractivity (Wildman–Crippen MR) is 335 cm³/mol. The molecule has 0 aliphatic carbocycles. The van der Waals surface area contributed by atoms with E-state index in [-0.39, 0.29) is 36.4 Å². The Hall–Kier alpha value is -8.31. The van der Waals surface area contributed by atoms with Crippen LogP contribution in [0.25, 0.3) is 22.4 Å². The molecule has 10 aromatic rings. The van der Waals surface area contributed by atoms with Gasteiger partial charge in [0.25, 0.3) is 18.3 Å². The quantitative estimate of drug-likeness (QED) is 0.0632. The molecular weight excluding hydrogens is 1300 g/mol. The highest BCUT2D eigenvalue weighted by Gasteiger charge is 2.32. The normalized spacial score (nSPS) is 15.8. The van der Waals surface area contributed by atoms with E-state index in [9.17, 15) is 24.1 Å². The lowest BCUT2D eigenvalue weighted by Crippen LogP contribution is -2.50. The minimum absolute atomic E-state index is 0.0163. The van der Waals surface area contributed by atoms with Gasteiger partial charge in [0.05, 0.1) is 96.4 Å². The maximum absolute atomic E-state index is 13.5. The number of amides is 3. The lowest BCUT2D eigenvalue weighted by atomic mass is 9.98. The molecule has 2 aliphatic rings. The molecule has 2 saturated heterocycles. The summed E-state index contributed by atoms with van der Waals surface area (Å²) in [5.41, 5.74) is 10.7. The Balaban J connectivity index is 0.000000185. The zero-order valence-corrected chi connectivity index (χ0v) is 52.7. The van der Waals surface area contributed by atoms with Crippen LogP contribution in [0.4, 0.5) is 5.82 Å². The van der Waals surface area contributed by atoms with E-state index in [4.69, 9.17) is 50.4 Å². The number of β-amino-alcohol motifs (C(OH)–C–C–N with tert-alkyl or cyclic N) is 1. The Labute approximate surface area is 538 Å².